The quantitative estimate of drug-likeness (QED) is 0.426. The highest BCUT2D eigenvalue weighted by molar-refractivity contribution is 14.1. The third-order valence-electron chi connectivity index (χ3n) is 0.874. The number of hydrogen-bond acceptors (Lipinski definition) is 3. The zero-order valence-electron chi connectivity index (χ0n) is 6.38. The van der Waals surface area contributed by atoms with Crippen LogP contribution in [-0.4, -0.2) is 17.3 Å². The van der Waals surface area contributed by atoms with Gasteiger partial charge < -0.3 is 0 Å². The topological polar surface area (TPSA) is 17.1 Å². The van der Waals surface area contributed by atoms with Gasteiger partial charge in [-0.2, -0.15) is 0 Å². The third kappa shape index (κ3) is 10.8. The number of halogens is 1. The summed E-state index contributed by atoms with van der Waals surface area (Å²) < 4.78 is 2.01. The van der Waals surface area contributed by atoms with Crippen LogP contribution in [0.25, 0.3) is 0 Å². The summed E-state index contributed by atoms with van der Waals surface area (Å²) in [5, 5.41) is 0. The van der Waals surface area contributed by atoms with Gasteiger partial charge in [0.1, 0.15) is 5.78 Å². The van der Waals surface area contributed by atoms with Crippen LogP contribution in [0.15, 0.2) is 10.2 Å². The van der Waals surface area contributed by atoms with Crippen LogP contribution in [0.5, 0.6) is 0 Å². The zero-order valence-corrected chi connectivity index (χ0v) is 10.2. The van der Waals surface area contributed by atoms with Crippen LogP contribution in [0, 0.1) is 0 Å². The molecular formula is C7H11IOS2. The first-order valence-electron chi connectivity index (χ1n) is 3.26. The first-order chi connectivity index (χ1) is 5.27. The normalized spacial score (nSPS) is 10.7. The van der Waals surface area contributed by atoms with Crippen molar-refractivity contribution in [1.82, 2.24) is 0 Å². The first-order valence-corrected chi connectivity index (χ1v) is 7.00. The molecule has 0 aliphatic rings. The highest BCUT2D eigenvalue weighted by Crippen LogP contribution is 2.21. The standard InChI is InChI=1S/C7H11IOS2/c1-7(9)3-6-11-10-5-2-4-8/h2,4H,3,5-6H2,1H3/b4-2+. The second kappa shape index (κ2) is 8.93. The fourth-order valence-corrected chi connectivity index (χ4v) is 2.86. The summed E-state index contributed by atoms with van der Waals surface area (Å²) in [6.45, 7) is 1.63. The molecule has 0 aromatic heterocycles. The van der Waals surface area contributed by atoms with Crippen LogP contribution < -0.4 is 0 Å². The molecule has 0 fully saturated rings. The fourth-order valence-electron chi connectivity index (χ4n) is 0.368. The molecule has 0 aromatic rings. The maximum Gasteiger partial charge on any atom is 0.130 e. The second-order valence-corrected chi connectivity index (χ2v) is 5.27. The molecule has 0 aliphatic heterocycles. The number of hydrogen-bond donors (Lipinski definition) is 0. The predicted molar refractivity (Wildman–Crippen MR) is 63.4 cm³/mol. The van der Waals surface area contributed by atoms with E-state index >= 15 is 0 Å². The molecule has 0 atom stereocenters. The Bertz CT molecular complexity index is 136. The Morgan fingerprint density at radius 2 is 2.27 bits per heavy atom. The molecule has 0 saturated carbocycles. The number of carbonyl (C=O) groups is 1. The van der Waals surface area contributed by atoms with Crippen molar-refractivity contribution in [3.63, 3.8) is 0 Å². The molecule has 0 aliphatic carbocycles. The molecule has 0 radical (unpaired) electrons. The van der Waals surface area contributed by atoms with Gasteiger partial charge in [-0.25, -0.2) is 0 Å². The van der Waals surface area contributed by atoms with Crippen molar-refractivity contribution in [2.24, 2.45) is 0 Å². The molecule has 0 N–H and O–H groups in total. The van der Waals surface area contributed by atoms with Gasteiger partial charge in [-0.15, -0.1) is 0 Å². The molecule has 0 amide bonds. The van der Waals surface area contributed by atoms with Crippen LogP contribution >= 0.6 is 44.2 Å². The lowest BCUT2D eigenvalue weighted by Gasteiger charge is -1.94. The van der Waals surface area contributed by atoms with E-state index in [0.29, 0.717) is 6.42 Å². The van der Waals surface area contributed by atoms with Crippen molar-refractivity contribution in [2.45, 2.75) is 13.3 Å². The minimum atomic E-state index is 0.280. The molecule has 0 rings (SSSR count). The molecular weight excluding hydrogens is 291 g/mol. The highest BCUT2D eigenvalue weighted by Gasteiger charge is 1.92. The highest BCUT2D eigenvalue weighted by atomic mass is 127. The van der Waals surface area contributed by atoms with Gasteiger partial charge in [0.15, 0.2) is 0 Å². The summed E-state index contributed by atoms with van der Waals surface area (Å²) in [6, 6.07) is 0. The molecule has 0 unspecified atom stereocenters. The third-order valence-corrected chi connectivity index (χ3v) is 3.66. The van der Waals surface area contributed by atoms with E-state index in [1.54, 1.807) is 28.5 Å². The van der Waals surface area contributed by atoms with Crippen LogP contribution in [0.4, 0.5) is 0 Å². The Labute approximate surface area is 89.3 Å². The van der Waals surface area contributed by atoms with Crippen molar-refractivity contribution in [1.29, 1.82) is 0 Å². The number of rotatable bonds is 6. The van der Waals surface area contributed by atoms with E-state index in [2.05, 4.69) is 28.7 Å². The van der Waals surface area contributed by atoms with Gasteiger partial charge in [0.2, 0.25) is 0 Å². The average molecular weight is 302 g/mol. The van der Waals surface area contributed by atoms with E-state index in [9.17, 15) is 4.79 Å². The van der Waals surface area contributed by atoms with Crippen LogP contribution in [-0.2, 0) is 4.79 Å². The van der Waals surface area contributed by atoms with E-state index in [1.807, 2.05) is 4.08 Å². The van der Waals surface area contributed by atoms with E-state index in [0.717, 1.165) is 11.5 Å². The lowest BCUT2D eigenvalue weighted by molar-refractivity contribution is -0.116. The SMILES string of the molecule is CC(=O)CCSSC/C=C/I. The molecule has 4 heteroatoms. The summed E-state index contributed by atoms with van der Waals surface area (Å²) in [7, 11) is 3.56. The maximum absolute atomic E-state index is 10.5. The smallest absolute Gasteiger partial charge is 0.130 e. The first kappa shape index (κ1) is 11.8. The molecule has 11 heavy (non-hydrogen) atoms. The molecule has 64 valence electrons. The van der Waals surface area contributed by atoms with Crippen molar-refractivity contribution in [3.05, 3.63) is 10.2 Å². The molecule has 0 bridgehead atoms. The Hall–Kier alpha value is 0.840. The summed E-state index contributed by atoms with van der Waals surface area (Å²) in [6.07, 6.45) is 2.80. The lowest BCUT2D eigenvalue weighted by atomic mass is 10.4. The molecule has 0 saturated heterocycles. The van der Waals surface area contributed by atoms with Gasteiger partial charge >= 0.3 is 0 Å². The largest absolute Gasteiger partial charge is 0.300 e. The van der Waals surface area contributed by atoms with E-state index < -0.39 is 0 Å². The number of Topliss-reactive ketones (excluding diaryl/α,β-unsaturated/α-hetero) is 1. The summed E-state index contributed by atoms with van der Waals surface area (Å²) in [4.78, 5) is 10.5. The van der Waals surface area contributed by atoms with Crippen LogP contribution in [0.1, 0.15) is 13.3 Å². The van der Waals surface area contributed by atoms with Gasteiger partial charge in [-0.3, -0.25) is 4.79 Å². The maximum atomic E-state index is 10.5. The van der Waals surface area contributed by atoms with Gasteiger partial charge in [-0.05, 0) is 11.0 Å². The van der Waals surface area contributed by atoms with Crippen molar-refractivity contribution in [3.8, 4) is 0 Å². The van der Waals surface area contributed by atoms with Gasteiger partial charge in [-0.1, -0.05) is 50.3 Å². The van der Waals surface area contributed by atoms with Gasteiger partial charge in [0.05, 0.1) is 0 Å². The monoisotopic (exact) mass is 302 g/mol. The van der Waals surface area contributed by atoms with E-state index in [4.69, 9.17) is 0 Å². The summed E-state index contributed by atoms with van der Waals surface area (Å²) in [5.74, 6) is 2.25. The number of carbonyl (C=O) groups excluding carboxylic acids is 1. The number of ketones is 1. The van der Waals surface area contributed by atoms with E-state index in [-0.39, 0.29) is 5.78 Å². The molecule has 1 nitrogen and oxygen atoms in total. The summed E-state index contributed by atoms with van der Waals surface area (Å²) >= 11 is 2.20. The minimum absolute atomic E-state index is 0.280. The van der Waals surface area contributed by atoms with E-state index in [1.165, 1.54) is 0 Å². The Kier molecular flexibility index (Phi) is 9.61. The average Bonchev–Trinajstić information content (AvgIpc) is 1.96. The van der Waals surface area contributed by atoms with Crippen molar-refractivity contribution < 1.29 is 4.79 Å². The minimum Gasteiger partial charge on any atom is -0.300 e. The zero-order chi connectivity index (χ0) is 8.53. The second-order valence-electron chi connectivity index (χ2n) is 1.92. The molecule has 0 heterocycles. The Morgan fingerprint density at radius 3 is 2.82 bits per heavy atom. The van der Waals surface area contributed by atoms with Crippen LogP contribution in [0.2, 0.25) is 0 Å². The van der Waals surface area contributed by atoms with Crippen molar-refractivity contribution in [2.75, 3.05) is 11.5 Å². The summed E-state index contributed by atoms with van der Waals surface area (Å²) in [5.41, 5.74) is 0. The molecule has 0 aromatic carbocycles. The van der Waals surface area contributed by atoms with Crippen molar-refractivity contribution >= 4 is 50.0 Å². The Morgan fingerprint density at radius 1 is 1.55 bits per heavy atom. The lowest BCUT2D eigenvalue weighted by Crippen LogP contribution is -1.89. The Balaban J connectivity index is 2.96. The van der Waals surface area contributed by atoms with Crippen LogP contribution in [0.3, 0.4) is 0 Å². The van der Waals surface area contributed by atoms with Gasteiger partial charge in [0.25, 0.3) is 0 Å². The predicted octanol–water partition coefficient (Wildman–Crippen LogP) is 3.30. The fraction of sp³-hybridized carbons (Fsp3) is 0.571. The van der Waals surface area contributed by atoms with Gasteiger partial charge in [0, 0.05) is 17.9 Å². The molecule has 0 spiro atoms.